The van der Waals surface area contributed by atoms with Gasteiger partial charge in [-0.2, -0.15) is 0 Å². The van der Waals surface area contributed by atoms with Crippen LogP contribution in [0.1, 0.15) is 17.3 Å². The lowest BCUT2D eigenvalue weighted by atomic mass is 10.0. The van der Waals surface area contributed by atoms with E-state index in [0.29, 0.717) is 0 Å². The van der Waals surface area contributed by atoms with Crippen LogP contribution in [-0.4, -0.2) is 24.0 Å². The first-order valence-corrected chi connectivity index (χ1v) is 4.72. The Morgan fingerprint density at radius 3 is 2.67 bits per heavy atom. The van der Waals surface area contributed by atoms with Crippen molar-refractivity contribution in [3.8, 4) is 11.5 Å². The maximum atomic E-state index is 11.6. The Morgan fingerprint density at radius 1 is 1.60 bits per heavy atom. The second kappa shape index (κ2) is 4.51. The summed E-state index contributed by atoms with van der Waals surface area (Å²) in [7, 11) is 1.36. The van der Waals surface area contributed by atoms with Crippen LogP contribution in [-0.2, 0) is 0 Å². The summed E-state index contributed by atoms with van der Waals surface area (Å²) < 4.78 is 4.87. The van der Waals surface area contributed by atoms with Gasteiger partial charge in [-0.1, -0.05) is 11.6 Å². The third kappa shape index (κ3) is 2.22. The Kier molecular flexibility index (Phi) is 3.55. The first-order valence-electron chi connectivity index (χ1n) is 4.34. The second-order valence-electron chi connectivity index (χ2n) is 3.13. The SMILES string of the molecule is COc1c(Cl)ccc(C(=O)C(C)N)c1O. The number of halogens is 1. The van der Waals surface area contributed by atoms with E-state index < -0.39 is 6.04 Å². The maximum Gasteiger partial charge on any atom is 0.183 e. The molecule has 1 aromatic carbocycles. The largest absolute Gasteiger partial charge is 0.504 e. The molecule has 4 nitrogen and oxygen atoms in total. The number of carbonyl (C=O) groups is 1. The Hall–Kier alpha value is -1.26. The van der Waals surface area contributed by atoms with E-state index in [1.165, 1.54) is 19.2 Å². The Morgan fingerprint density at radius 2 is 2.20 bits per heavy atom. The fraction of sp³-hybridized carbons (Fsp3) is 0.300. The van der Waals surface area contributed by atoms with Gasteiger partial charge in [0.15, 0.2) is 17.3 Å². The summed E-state index contributed by atoms with van der Waals surface area (Å²) in [5.41, 5.74) is 5.55. The molecular weight excluding hydrogens is 218 g/mol. The van der Waals surface area contributed by atoms with Crippen LogP contribution in [0.2, 0.25) is 5.02 Å². The zero-order valence-corrected chi connectivity index (χ0v) is 9.21. The molecule has 5 heteroatoms. The van der Waals surface area contributed by atoms with Gasteiger partial charge in [0.05, 0.1) is 23.7 Å². The van der Waals surface area contributed by atoms with Gasteiger partial charge in [0.25, 0.3) is 0 Å². The van der Waals surface area contributed by atoms with Gasteiger partial charge in [-0.25, -0.2) is 0 Å². The van der Waals surface area contributed by atoms with Crippen molar-refractivity contribution in [3.05, 3.63) is 22.7 Å². The predicted octanol–water partition coefficient (Wildman–Crippen LogP) is 1.58. The molecule has 0 aliphatic carbocycles. The average Bonchev–Trinajstić information content (AvgIpc) is 2.17. The first-order chi connectivity index (χ1) is 6.99. The molecule has 0 fully saturated rings. The molecule has 0 bridgehead atoms. The quantitative estimate of drug-likeness (QED) is 0.772. The van der Waals surface area contributed by atoms with Gasteiger partial charge in [0.1, 0.15) is 0 Å². The summed E-state index contributed by atoms with van der Waals surface area (Å²) in [5.74, 6) is -0.544. The van der Waals surface area contributed by atoms with Crippen molar-refractivity contribution < 1.29 is 14.6 Å². The number of carbonyl (C=O) groups excluding carboxylic acids is 1. The summed E-state index contributed by atoms with van der Waals surface area (Å²) in [4.78, 5) is 11.6. The number of aromatic hydroxyl groups is 1. The van der Waals surface area contributed by atoms with Crippen molar-refractivity contribution in [1.29, 1.82) is 0 Å². The Labute approximate surface area is 92.6 Å². The van der Waals surface area contributed by atoms with Crippen LogP contribution >= 0.6 is 11.6 Å². The van der Waals surface area contributed by atoms with Gasteiger partial charge in [-0.05, 0) is 19.1 Å². The minimum Gasteiger partial charge on any atom is -0.504 e. The topological polar surface area (TPSA) is 72.5 Å². The van der Waals surface area contributed by atoms with E-state index in [0.717, 1.165) is 0 Å². The fourth-order valence-corrected chi connectivity index (χ4v) is 1.41. The van der Waals surface area contributed by atoms with E-state index >= 15 is 0 Å². The minimum atomic E-state index is -0.679. The second-order valence-corrected chi connectivity index (χ2v) is 3.54. The highest BCUT2D eigenvalue weighted by Gasteiger charge is 2.19. The molecule has 1 rings (SSSR count). The van der Waals surface area contributed by atoms with Crippen LogP contribution in [0.25, 0.3) is 0 Å². The summed E-state index contributed by atoms with van der Waals surface area (Å²) in [6.07, 6.45) is 0. The number of phenols is 1. The highest BCUT2D eigenvalue weighted by molar-refractivity contribution is 6.32. The molecule has 0 saturated heterocycles. The monoisotopic (exact) mass is 229 g/mol. The lowest BCUT2D eigenvalue weighted by molar-refractivity contribution is 0.0964. The molecule has 1 unspecified atom stereocenters. The van der Waals surface area contributed by atoms with E-state index in [1.54, 1.807) is 6.92 Å². The molecule has 0 aliphatic rings. The number of rotatable bonds is 3. The number of hydrogen-bond donors (Lipinski definition) is 2. The fourth-order valence-electron chi connectivity index (χ4n) is 1.18. The molecule has 3 N–H and O–H groups in total. The number of nitrogens with two attached hydrogens (primary N) is 1. The number of methoxy groups -OCH3 is 1. The normalized spacial score (nSPS) is 12.3. The Balaban J connectivity index is 3.28. The van der Waals surface area contributed by atoms with Crippen molar-refractivity contribution in [1.82, 2.24) is 0 Å². The van der Waals surface area contributed by atoms with Crippen molar-refractivity contribution in [2.45, 2.75) is 13.0 Å². The molecule has 0 radical (unpaired) electrons. The number of phenolic OH excluding ortho intramolecular Hbond substituents is 1. The Bertz CT molecular complexity index is 390. The molecule has 1 atom stereocenters. The zero-order chi connectivity index (χ0) is 11.6. The van der Waals surface area contributed by atoms with Crippen molar-refractivity contribution >= 4 is 17.4 Å². The summed E-state index contributed by atoms with van der Waals surface area (Å²) in [5, 5.41) is 9.95. The number of ether oxygens (including phenoxy) is 1. The standard InChI is InChI=1S/C10H12ClNO3/c1-5(12)8(13)6-3-4-7(11)10(15-2)9(6)14/h3-5,14H,12H2,1-2H3. The lowest BCUT2D eigenvalue weighted by Crippen LogP contribution is -2.26. The van der Waals surface area contributed by atoms with Gasteiger partial charge in [0, 0.05) is 0 Å². The summed E-state index contributed by atoms with van der Waals surface area (Å²) >= 11 is 5.76. The summed E-state index contributed by atoms with van der Waals surface area (Å²) in [6.45, 7) is 1.54. The smallest absolute Gasteiger partial charge is 0.183 e. The highest BCUT2D eigenvalue weighted by Crippen LogP contribution is 2.37. The van der Waals surface area contributed by atoms with E-state index in [-0.39, 0.29) is 27.9 Å². The molecule has 0 saturated carbocycles. The minimum absolute atomic E-state index is 0.0863. The number of ketones is 1. The van der Waals surface area contributed by atoms with Gasteiger partial charge < -0.3 is 15.6 Å². The van der Waals surface area contributed by atoms with Crippen LogP contribution in [0.15, 0.2) is 12.1 Å². The van der Waals surface area contributed by atoms with Crippen LogP contribution < -0.4 is 10.5 Å². The molecule has 0 aliphatic heterocycles. The van der Waals surface area contributed by atoms with Gasteiger partial charge in [0.2, 0.25) is 0 Å². The van der Waals surface area contributed by atoms with E-state index in [4.69, 9.17) is 22.1 Å². The first kappa shape index (κ1) is 11.8. The van der Waals surface area contributed by atoms with E-state index in [9.17, 15) is 9.90 Å². The maximum absolute atomic E-state index is 11.6. The van der Waals surface area contributed by atoms with Crippen molar-refractivity contribution in [2.24, 2.45) is 5.73 Å². The molecule has 1 aromatic rings. The zero-order valence-electron chi connectivity index (χ0n) is 8.45. The molecule has 0 amide bonds. The third-order valence-corrected chi connectivity index (χ3v) is 2.26. The third-order valence-electron chi connectivity index (χ3n) is 1.97. The lowest BCUT2D eigenvalue weighted by Gasteiger charge is -2.11. The number of Topliss-reactive ketones (excluding diaryl/α,β-unsaturated/α-hetero) is 1. The number of benzene rings is 1. The molecule has 0 aromatic heterocycles. The molecule has 82 valence electrons. The van der Waals surface area contributed by atoms with E-state index in [1.807, 2.05) is 0 Å². The van der Waals surface area contributed by atoms with Gasteiger partial charge >= 0.3 is 0 Å². The predicted molar refractivity (Wildman–Crippen MR) is 57.6 cm³/mol. The highest BCUT2D eigenvalue weighted by atomic mass is 35.5. The van der Waals surface area contributed by atoms with Crippen LogP contribution in [0.4, 0.5) is 0 Å². The molecule has 0 heterocycles. The molecular formula is C10H12ClNO3. The molecule has 0 spiro atoms. The average molecular weight is 230 g/mol. The van der Waals surface area contributed by atoms with E-state index in [2.05, 4.69) is 0 Å². The number of hydrogen-bond acceptors (Lipinski definition) is 4. The van der Waals surface area contributed by atoms with Crippen LogP contribution in [0.3, 0.4) is 0 Å². The summed E-state index contributed by atoms with van der Waals surface area (Å²) in [6, 6.07) is 2.23. The molecule has 15 heavy (non-hydrogen) atoms. The van der Waals surface area contributed by atoms with Crippen LogP contribution in [0, 0.1) is 0 Å². The van der Waals surface area contributed by atoms with Crippen molar-refractivity contribution in [3.63, 3.8) is 0 Å². The van der Waals surface area contributed by atoms with Crippen LogP contribution in [0.5, 0.6) is 11.5 Å². The van der Waals surface area contributed by atoms with Gasteiger partial charge in [-0.3, -0.25) is 4.79 Å². The van der Waals surface area contributed by atoms with Crippen molar-refractivity contribution in [2.75, 3.05) is 7.11 Å². The van der Waals surface area contributed by atoms with Gasteiger partial charge in [-0.15, -0.1) is 0 Å².